The third-order valence-corrected chi connectivity index (χ3v) is 2.18. The van der Waals surface area contributed by atoms with Crippen LogP contribution in [0.4, 0.5) is 0 Å². The van der Waals surface area contributed by atoms with Gasteiger partial charge in [-0.15, -0.1) is 0 Å². The van der Waals surface area contributed by atoms with Crippen molar-refractivity contribution in [1.29, 1.82) is 0 Å². The fraction of sp³-hybridized carbons (Fsp3) is 0.875. The molecule has 53 valence electrons. The first-order chi connectivity index (χ1) is 4.34. The van der Waals surface area contributed by atoms with Crippen LogP contribution in [-0.4, -0.2) is 24.0 Å². The van der Waals surface area contributed by atoms with Gasteiger partial charge in [-0.25, -0.2) is 0 Å². The first kappa shape index (κ1) is 7.07. The fourth-order valence-electron chi connectivity index (χ4n) is 1.36. The molecule has 9 heavy (non-hydrogen) atoms. The highest BCUT2D eigenvalue weighted by atomic mass is 15.2. The Kier molecular flexibility index (Phi) is 2.52. The van der Waals surface area contributed by atoms with Gasteiger partial charge in [0.25, 0.3) is 0 Å². The Morgan fingerprint density at radius 2 is 2.00 bits per heavy atom. The van der Waals surface area contributed by atoms with E-state index in [4.69, 9.17) is 0 Å². The zero-order valence-electron chi connectivity index (χ0n) is 6.27. The van der Waals surface area contributed by atoms with E-state index in [9.17, 15) is 0 Å². The zero-order chi connectivity index (χ0) is 6.69. The predicted octanol–water partition coefficient (Wildman–Crippen LogP) is 1.69. The Labute approximate surface area is 58.0 Å². The highest BCUT2D eigenvalue weighted by Crippen LogP contribution is 2.12. The van der Waals surface area contributed by atoms with Crippen LogP contribution in [-0.2, 0) is 0 Å². The molecule has 1 nitrogen and oxygen atoms in total. The van der Waals surface area contributed by atoms with Crippen molar-refractivity contribution in [2.45, 2.75) is 32.2 Å². The van der Waals surface area contributed by atoms with Gasteiger partial charge in [-0.3, -0.25) is 0 Å². The minimum absolute atomic E-state index is 0.715. The van der Waals surface area contributed by atoms with Crippen LogP contribution in [0, 0.1) is 6.92 Å². The average Bonchev–Trinajstić information content (AvgIpc) is 2.37. The Hall–Kier alpha value is -0.0400. The van der Waals surface area contributed by atoms with E-state index in [0.717, 1.165) is 6.42 Å². The molecule has 0 bridgehead atoms. The van der Waals surface area contributed by atoms with E-state index in [0.29, 0.717) is 6.04 Å². The van der Waals surface area contributed by atoms with Crippen molar-refractivity contribution < 1.29 is 0 Å². The topological polar surface area (TPSA) is 3.24 Å². The van der Waals surface area contributed by atoms with Crippen molar-refractivity contribution in [2.24, 2.45) is 0 Å². The molecule has 1 fully saturated rings. The van der Waals surface area contributed by atoms with Crippen molar-refractivity contribution in [3.05, 3.63) is 6.92 Å². The summed E-state index contributed by atoms with van der Waals surface area (Å²) in [7, 11) is 0. The van der Waals surface area contributed by atoms with Gasteiger partial charge in [-0.1, -0.05) is 6.92 Å². The third kappa shape index (κ3) is 1.68. The van der Waals surface area contributed by atoms with Crippen LogP contribution in [0.3, 0.4) is 0 Å². The van der Waals surface area contributed by atoms with Crippen LogP contribution in [0.15, 0.2) is 0 Å². The van der Waals surface area contributed by atoms with Crippen LogP contribution in [0.2, 0.25) is 0 Å². The van der Waals surface area contributed by atoms with Gasteiger partial charge in [0.05, 0.1) is 0 Å². The van der Waals surface area contributed by atoms with E-state index in [-0.39, 0.29) is 0 Å². The van der Waals surface area contributed by atoms with Crippen LogP contribution in [0.25, 0.3) is 0 Å². The number of hydrogen-bond acceptors (Lipinski definition) is 1. The Balaban J connectivity index is 2.24. The highest BCUT2D eigenvalue weighted by molar-refractivity contribution is 4.72. The van der Waals surface area contributed by atoms with E-state index >= 15 is 0 Å². The van der Waals surface area contributed by atoms with Gasteiger partial charge in [-0.2, -0.15) is 0 Å². The lowest BCUT2D eigenvalue weighted by Gasteiger charge is -2.21. The molecule has 1 saturated heterocycles. The molecule has 1 radical (unpaired) electrons. The molecule has 0 saturated carbocycles. The van der Waals surface area contributed by atoms with Crippen molar-refractivity contribution >= 4 is 0 Å². The molecule has 0 aromatic heterocycles. The fourth-order valence-corrected chi connectivity index (χ4v) is 1.36. The van der Waals surface area contributed by atoms with Gasteiger partial charge >= 0.3 is 0 Å². The minimum atomic E-state index is 0.715. The predicted molar refractivity (Wildman–Crippen MR) is 40.2 cm³/mol. The molecule has 1 aliphatic heterocycles. The van der Waals surface area contributed by atoms with Crippen LogP contribution < -0.4 is 0 Å². The molecule has 1 rings (SSSR count). The summed E-state index contributed by atoms with van der Waals surface area (Å²) in [5.41, 5.74) is 0. The summed E-state index contributed by atoms with van der Waals surface area (Å²) >= 11 is 0. The Morgan fingerprint density at radius 1 is 1.44 bits per heavy atom. The Morgan fingerprint density at radius 3 is 2.44 bits per heavy atom. The van der Waals surface area contributed by atoms with Gasteiger partial charge in [0.1, 0.15) is 0 Å². The number of likely N-dealkylation sites (tertiary alicyclic amines) is 1. The molecule has 1 heteroatoms. The Bertz CT molecular complexity index is 74.6. The lowest BCUT2D eigenvalue weighted by molar-refractivity contribution is 0.260. The van der Waals surface area contributed by atoms with Gasteiger partial charge in [-0.05, 0) is 39.3 Å². The minimum Gasteiger partial charge on any atom is -0.301 e. The van der Waals surface area contributed by atoms with Crippen molar-refractivity contribution in [3.63, 3.8) is 0 Å². The second kappa shape index (κ2) is 3.21. The van der Waals surface area contributed by atoms with E-state index in [1.54, 1.807) is 0 Å². The first-order valence-electron chi connectivity index (χ1n) is 3.88. The van der Waals surface area contributed by atoms with E-state index in [1.807, 2.05) is 0 Å². The largest absolute Gasteiger partial charge is 0.301 e. The van der Waals surface area contributed by atoms with Crippen LogP contribution >= 0.6 is 0 Å². The lowest BCUT2D eigenvalue weighted by atomic mass is 10.2. The molecule has 1 aliphatic rings. The second-order valence-electron chi connectivity index (χ2n) is 2.88. The first-order valence-corrected chi connectivity index (χ1v) is 3.88. The van der Waals surface area contributed by atoms with Gasteiger partial charge in [0, 0.05) is 6.04 Å². The molecular weight excluding hydrogens is 110 g/mol. The van der Waals surface area contributed by atoms with E-state index in [2.05, 4.69) is 18.7 Å². The lowest BCUT2D eigenvalue weighted by Crippen LogP contribution is -2.29. The molecular formula is C8H16N. The molecule has 0 aromatic rings. The zero-order valence-corrected chi connectivity index (χ0v) is 6.27. The summed E-state index contributed by atoms with van der Waals surface area (Å²) in [6.45, 7) is 8.76. The molecule has 0 amide bonds. The maximum atomic E-state index is 3.89. The maximum absolute atomic E-state index is 3.89. The molecule has 0 aromatic carbocycles. The summed E-state index contributed by atoms with van der Waals surface area (Å²) in [5.74, 6) is 0. The van der Waals surface area contributed by atoms with E-state index in [1.165, 1.54) is 25.9 Å². The quantitative estimate of drug-likeness (QED) is 0.544. The van der Waals surface area contributed by atoms with Gasteiger partial charge < -0.3 is 4.90 Å². The molecule has 1 atom stereocenters. The third-order valence-electron chi connectivity index (χ3n) is 2.18. The SMILES string of the molecule is [CH2]CC(C)N1CCCC1. The maximum Gasteiger partial charge on any atom is 0.00669 e. The summed E-state index contributed by atoms with van der Waals surface area (Å²) in [4.78, 5) is 2.52. The van der Waals surface area contributed by atoms with Crippen LogP contribution in [0.1, 0.15) is 26.2 Å². The number of rotatable bonds is 2. The smallest absolute Gasteiger partial charge is 0.00669 e. The summed E-state index contributed by atoms with van der Waals surface area (Å²) in [6.07, 6.45) is 3.84. The average molecular weight is 126 g/mol. The summed E-state index contributed by atoms with van der Waals surface area (Å²) < 4.78 is 0. The van der Waals surface area contributed by atoms with Crippen molar-refractivity contribution in [3.8, 4) is 0 Å². The molecule has 0 aliphatic carbocycles. The van der Waals surface area contributed by atoms with Gasteiger partial charge in [0.15, 0.2) is 0 Å². The van der Waals surface area contributed by atoms with Gasteiger partial charge in [0.2, 0.25) is 0 Å². The summed E-state index contributed by atoms with van der Waals surface area (Å²) in [5, 5.41) is 0. The number of nitrogens with zero attached hydrogens (tertiary/aromatic N) is 1. The molecule has 1 heterocycles. The summed E-state index contributed by atoms with van der Waals surface area (Å²) in [6, 6.07) is 0.715. The number of hydrogen-bond donors (Lipinski definition) is 0. The highest BCUT2D eigenvalue weighted by Gasteiger charge is 2.15. The molecule has 1 unspecified atom stereocenters. The standard InChI is InChI=1S/C8H16N/c1-3-8(2)9-6-4-5-7-9/h8H,1,3-7H2,2H3. The van der Waals surface area contributed by atoms with E-state index < -0.39 is 0 Å². The molecule has 0 spiro atoms. The van der Waals surface area contributed by atoms with Crippen LogP contribution in [0.5, 0.6) is 0 Å². The van der Waals surface area contributed by atoms with Crippen molar-refractivity contribution in [1.82, 2.24) is 4.90 Å². The normalized spacial score (nSPS) is 24.7. The second-order valence-corrected chi connectivity index (χ2v) is 2.88. The van der Waals surface area contributed by atoms with Crippen molar-refractivity contribution in [2.75, 3.05) is 13.1 Å². The molecule has 0 N–H and O–H groups in total. The monoisotopic (exact) mass is 126 g/mol.